The number of aliphatic hydroxyl groups is 2. The van der Waals surface area contributed by atoms with Crippen molar-refractivity contribution in [2.24, 2.45) is 5.92 Å². The van der Waals surface area contributed by atoms with Crippen LogP contribution in [0.5, 0.6) is 5.75 Å². The molecule has 3 aromatic rings. The van der Waals surface area contributed by atoms with Gasteiger partial charge in [0.05, 0.1) is 30.6 Å². The zero-order chi connectivity index (χ0) is 30.1. The van der Waals surface area contributed by atoms with Crippen molar-refractivity contribution in [1.82, 2.24) is 4.90 Å². The van der Waals surface area contributed by atoms with E-state index in [1.165, 1.54) is 0 Å². The normalized spacial score (nSPS) is 22.1. The summed E-state index contributed by atoms with van der Waals surface area (Å²) in [7, 11) is 0. The zero-order valence-electron chi connectivity index (χ0n) is 24.1. The lowest BCUT2D eigenvalue weighted by molar-refractivity contribution is -0.139. The number of amides is 3. The summed E-state index contributed by atoms with van der Waals surface area (Å²) in [6, 6.07) is 21.9. The number of carbonyl (C=O) groups excluding carboxylic acids is 3. The average molecular weight is 582 g/mol. The summed E-state index contributed by atoms with van der Waals surface area (Å²) in [4.78, 5) is 44.3. The number of rotatable bonds is 8. The van der Waals surface area contributed by atoms with Crippen LogP contribution >= 0.6 is 0 Å². The molecule has 3 aliphatic heterocycles. The maximum absolute atomic E-state index is 13.9. The SMILES string of the molecule is C[C@@H](/C=C/CC(=O)N1CCC[C@H]1CO)[C@]1(O)C(=O)N(Cc2ccc(N3C(=O)COc4ccccc43)cc2)c2ccccc21. The average Bonchev–Trinajstić information content (AvgIpc) is 3.60. The van der Waals surface area contributed by atoms with Gasteiger partial charge < -0.3 is 24.7 Å². The maximum atomic E-state index is 13.9. The zero-order valence-corrected chi connectivity index (χ0v) is 24.1. The molecule has 6 rings (SSSR count). The molecule has 0 aromatic heterocycles. The van der Waals surface area contributed by atoms with Crippen LogP contribution in [0.4, 0.5) is 17.1 Å². The number of para-hydroxylation sites is 3. The van der Waals surface area contributed by atoms with E-state index in [0.717, 1.165) is 18.4 Å². The number of benzene rings is 3. The number of carbonyl (C=O) groups is 3. The molecule has 9 heteroatoms. The molecule has 0 bridgehead atoms. The van der Waals surface area contributed by atoms with E-state index in [2.05, 4.69) is 0 Å². The first-order valence-electron chi connectivity index (χ1n) is 14.7. The highest BCUT2D eigenvalue weighted by Crippen LogP contribution is 2.46. The first kappa shape index (κ1) is 28.6. The second kappa shape index (κ2) is 11.7. The highest BCUT2D eigenvalue weighted by atomic mass is 16.5. The van der Waals surface area contributed by atoms with Crippen molar-refractivity contribution in [2.45, 2.75) is 44.4 Å². The van der Waals surface area contributed by atoms with Crippen LogP contribution in [0.1, 0.15) is 37.3 Å². The second-order valence-corrected chi connectivity index (χ2v) is 11.3. The van der Waals surface area contributed by atoms with Gasteiger partial charge in [-0.1, -0.05) is 61.5 Å². The number of anilines is 3. The van der Waals surface area contributed by atoms with Crippen LogP contribution in [0.2, 0.25) is 0 Å². The number of fused-ring (bicyclic) bond motifs is 2. The Morgan fingerprint density at radius 3 is 2.53 bits per heavy atom. The molecule has 0 radical (unpaired) electrons. The first-order valence-corrected chi connectivity index (χ1v) is 14.7. The molecule has 0 spiro atoms. The van der Waals surface area contributed by atoms with E-state index in [0.29, 0.717) is 34.9 Å². The van der Waals surface area contributed by atoms with Gasteiger partial charge in [0.25, 0.3) is 11.8 Å². The molecule has 1 fully saturated rings. The van der Waals surface area contributed by atoms with E-state index in [4.69, 9.17) is 4.74 Å². The minimum atomic E-state index is -1.79. The van der Waals surface area contributed by atoms with Gasteiger partial charge in [0.1, 0.15) is 5.75 Å². The summed E-state index contributed by atoms with van der Waals surface area (Å²) in [6.07, 6.45) is 5.25. The van der Waals surface area contributed by atoms with Crippen molar-refractivity contribution in [3.05, 3.63) is 96.1 Å². The van der Waals surface area contributed by atoms with E-state index >= 15 is 0 Å². The Morgan fingerprint density at radius 1 is 1.05 bits per heavy atom. The van der Waals surface area contributed by atoms with Gasteiger partial charge in [-0.05, 0) is 48.7 Å². The van der Waals surface area contributed by atoms with Crippen LogP contribution in [0.15, 0.2) is 84.9 Å². The molecular formula is C34H35N3O6. The Bertz CT molecular complexity index is 1570. The fourth-order valence-electron chi connectivity index (χ4n) is 6.36. The highest BCUT2D eigenvalue weighted by molar-refractivity contribution is 6.07. The van der Waals surface area contributed by atoms with Crippen LogP contribution in [0, 0.1) is 5.92 Å². The summed E-state index contributed by atoms with van der Waals surface area (Å²) in [5, 5.41) is 21.4. The molecule has 0 saturated carbocycles. The molecule has 2 N–H and O–H groups in total. The molecule has 3 aliphatic rings. The Morgan fingerprint density at radius 2 is 1.77 bits per heavy atom. The Balaban J connectivity index is 1.19. The summed E-state index contributed by atoms with van der Waals surface area (Å²) in [5.41, 5.74) is 1.58. The van der Waals surface area contributed by atoms with Crippen LogP contribution < -0.4 is 14.5 Å². The van der Waals surface area contributed by atoms with E-state index < -0.39 is 17.4 Å². The third-order valence-corrected chi connectivity index (χ3v) is 8.70. The van der Waals surface area contributed by atoms with Gasteiger partial charge >= 0.3 is 0 Å². The molecule has 3 aromatic carbocycles. The molecule has 3 heterocycles. The second-order valence-electron chi connectivity index (χ2n) is 11.3. The van der Waals surface area contributed by atoms with E-state index in [9.17, 15) is 24.6 Å². The molecule has 222 valence electrons. The number of nitrogens with zero attached hydrogens (tertiary/aromatic N) is 3. The summed E-state index contributed by atoms with van der Waals surface area (Å²) >= 11 is 0. The predicted octanol–water partition coefficient (Wildman–Crippen LogP) is 4.04. The standard InChI is InChI=1S/C34H35N3O6/c1-23(8-6-14-31(39)35-19-7-9-26(35)21-38)34(42)27-10-2-3-11-28(27)36(33(34)41)20-24-15-17-25(18-16-24)37-29-12-4-5-13-30(29)43-22-32(37)40/h2-6,8,10-13,15-18,23,26,38,42H,7,9,14,19-22H2,1H3/b8-6+/t23-,26-,34+/m0/s1. The molecular weight excluding hydrogens is 546 g/mol. The predicted molar refractivity (Wildman–Crippen MR) is 162 cm³/mol. The van der Waals surface area contributed by atoms with Gasteiger partial charge in [-0.25, -0.2) is 0 Å². The van der Waals surface area contributed by atoms with Gasteiger partial charge in [0.15, 0.2) is 12.2 Å². The number of hydrogen-bond donors (Lipinski definition) is 2. The third kappa shape index (κ3) is 5.08. The van der Waals surface area contributed by atoms with E-state index in [1.54, 1.807) is 45.9 Å². The third-order valence-electron chi connectivity index (χ3n) is 8.70. The van der Waals surface area contributed by atoms with Crippen molar-refractivity contribution in [1.29, 1.82) is 0 Å². The lowest BCUT2D eigenvalue weighted by atomic mass is 9.83. The van der Waals surface area contributed by atoms with Crippen LogP contribution in [0.3, 0.4) is 0 Å². The summed E-state index contributed by atoms with van der Waals surface area (Å²) < 4.78 is 5.56. The van der Waals surface area contributed by atoms with Crippen molar-refractivity contribution >= 4 is 34.8 Å². The fourth-order valence-corrected chi connectivity index (χ4v) is 6.36. The Kier molecular flexibility index (Phi) is 7.77. The largest absolute Gasteiger partial charge is 0.482 e. The number of hydrogen-bond acceptors (Lipinski definition) is 6. The van der Waals surface area contributed by atoms with E-state index in [-0.39, 0.29) is 44.0 Å². The molecule has 43 heavy (non-hydrogen) atoms. The quantitative estimate of drug-likeness (QED) is 0.389. The lowest BCUT2D eigenvalue weighted by Gasteiger charge is -2.29. The van der Waals surface area contributed by atoms with Gasteiger partial charge in [0, 0.05) is 30.1 Å². The fraction of sp³-hybridized carbons (Fsp3) is 0.324. The molecule has 0 aliphatic carbocycles. The Hall–Kier alpha value is -4.47. The summed E-state index contributed by atoms with van der Waals surface area (Å²) in [6.45, 7) is 2.55. The van der Waals surface area contributed by atoms with Gasteiger partial charge in [-0.3, -0.25) is 19.3 Å². The molecule has 3 amide bonds. The van der Waals surface area contributed by atoms with Crippen molar-refractivity contribution in [3.63, 3.8) is 0 Å². The van der Waals surface area contributed by atoms with Crippen molar-refractivity contribution in [2.75, 3.05) is 29.6 Å². The number of aliphatic hydroxyl groups excluding tert-OH is 1. The monoisotopic (exact) mass is 581 g/mol. The maximum Gasteiger partial charge on any atom is 0.269 e. The lowest BCUT2D eigenvalue weighted by Crippen LogP contribution is -2.44. The van der Waals surface area contributed by atoms with Gasteiger partial charge in [-0.2, -0.15) is 0 Å². The molecule has 1 saturated heterocycles. The molecule has 0 unspecified atom stereocenters. The topological polar surface area (TPSA) is 111 Å². The highest BCUT2D eigenvalue weighted by Gasteiger charge is 2.52. The van der Waals surface area contributed by atoms with Gasteiger partial charge in [0.2, 0.25) is 5.91 Å². The minimum absolute atomic E-state index is 0.0430. The van der Waals surface area contributed by atoms with Crippen molar-refractivity contribution < 1.29 is 29.3 Å². The van der Waals surface area contributed by atoms with E-state index in [1.807, 2.05) is 60.7 Å². The first-order chi connectivity index (χ1) is 20.8. The minimum Gasteiger partial charge on any atom is -0.482 e. The number of ether oxygens (including phenoxy) is 1. The smallest absolute Gasteiger partial charge is 0.269 e. The van der Waals surface area contributed by atoms with Crippen LogP contribution in [-0.2, 0) is 26.5 Å². The molecule has 3 atom stereocenters. The number of likely N-dealkylation sites (tertiary alicyclic amines) is 1. The van der Waals surface area contributed by atoms with Crippen molar-refractivity contribution in [3.8, 4) is 5.75 Å². The van der Waals surface area contributed by atoms with Gasteiger partial charge in [-0.15, -0.1) is 0 Å². The summed E-state index contributed by atoms with van der Waals surface area (Å²) in [5.74, 6) is -0.628. The van der Waals surface area contributed by atoms with Crippen LogP contribution in [-0.4, -0.2) is 58.6 Å². The molecule has 9 nitrogen and oxygen atoms in total. The Labute approximate surface area is 250 Å². The van der Waals surface area contributed by atoms with Crippen LogP contribution in [0.25, 0.3) is 0 Å².